The quantitative estimate of drug-likeness (QED) is 0.641. The van der Waals surface area contributed by atoms with Gasteiger partial charge in [0.25, 0.3) is 0 Å². The number of hydrogen-bond acceptors (Lipinski definition) is 3. The highest BCUT2D eigenvalue weighted by molar-refractivity contribution is 7.89. The molecule has 1 aliphatic rings. The molecule has 0 saturated carbocycles. The third-order valence-corrected chi connectivity index (χ3v) is 4.14. The molecule has 78 valence electrons. The first-order valence-electron chi connectivity index (χ1n) is 4.65. The highest BCUT2D eigenvalue weighted by atomic mass is 32.2. The molecule has 0 N–H and O–H groups in total. The van der Waals surface area contributed by atoms with E-state index in [4.69, 9.17) is 5.26 Å². The van der Waals surface area contributed by atoms with Crippen molar-refractivity contribution < 1.29 is 8.42 Å². The number of piperidine rings is 1. The van der Waals surface area contributed by atoms with Crippen LogP contribution in [-0.2, 0) is 10.0 Å². The SMILES string of the molecule is CCS(=O)(=O)N1CCCC(=CC#N)C1. The van der Waals surface area contributed by atoms with Gasteiger partial charge in [-0.05, 0) is 25.3 Å². The third-order valence-electron chi connectivity index (χ3n) is 2.31. The van der Waals surface area contributed by atoms with Crippen LogP contribution in [0, 0.1) is 11.3 Å². The molecule has 1 rings (SSSR count). The van der Waals surface area contributed by atoms with Gasteiger partial charge >= 0.3 is 0 Å². The molecule has 0 radical (unpaired) electrons. The molecular weight excluding hydrogens is 200 g/mol. The minimum absolute atomic E-state index is 0.132. The van der Waals surface area contributed by atoms with Crippen molar-refractivity contribution in [2.45, 2.75) is 19.8 Å². The van der Waals surface area contributed by atoms with Crippen molar-refractivity contribution >= 4 is 10.0 Å². The van der Waals surface area contributed by atoms with Crippen LogP contribution < -0.4 is 0 Å². The predicted molar refractivity (Wildman–Crippen MR) is 54.0 cm³/mol. The van der Waals surface area contributed by atoms with E-state index in [2.05, 4.69) is 0 Å². The smallest absolute Gasteiger partial charge is 0.212 e. The van der Waals surface area contributed by atoms with Gasteiger partial charge in [0.2, 0.25) is 10.0 Å². The summed E-state index contributed by atoms with van der Waals surface area (Å²) in [7, 11) is -3.09. The van der Waals surface area contributed by atoms with Crippen molar-refractivity contribution in [3.8, 4) is 6.07 Å². The van der Waals surface area contributed by atoms with Crippen molar-refractivity contribution in [2.24, 2.45) is 0 Å². The topological polar surface area (TPSA) is 61.2 Å². The van der Waals surface area contributed by atoms with Crippen LogP contribution in [0.2, 0.25) is 0 Å². The average molecular weight is 214 g/mol. The lowest BCUT2D eigenvalue weighted by atomic mass is 10.1. The molecule has 0 aromatic rings. The molecule has 1 heterocycles. The lowest BCUT2D eigenvalue weighted by molar-refractivity contribution is 0.395. The van der Waals surface area contributed by atoms with Gasteiger partial charge < -0.3 is 0 Å². The van der Waals surface area contributed by atoms with Crippen LogP contribution in [0.15, 0.2) is 11.6 Å². The molecule has 0 atom stereocenters. The van der Waals surface area contributed by atoms with Crippen LogP contribution in [-0.4, -0.2) is 31.6 Å². The number of hydrogen-bond donors (Lipinski definition) is 0. The summed E-state index contributed by atoms with van der Waals surface area (Å²) in [4.78, 5) is 0. The van der Waals surface area contributed by atoms with E-state index in [-0.39, 0.29) is 5.75 Å². The summed E-state index contributed by atoms with van der Waals surface area (Å²) in [6.07, 6.45) is 3.10. The molecule has 0 unspecified atom stereocenters. The van der Waals surface area contributed by atoms with Gasteiger partial charge in [0.15, 0.2) is 0 Å². The second-order valence-electron chi connectivity index (χ2n) is 3.27. The normalized spacial score (nSPS) is 22.1. The van der Waals surface area contributed by atoms with Gasteiger partial charge in [-0.15, -0.1) is 0 Å². The Hall–Kier alpha value is -0.860. The Balaban J connectivity index is 2.76. The summed E-state index contributed by atoms with van der Waals surface area (Å²) in [6, 6.07) is 1.94. The molecule has 0 spiro atoms. The molecular formula is C9H14N2O2S. The summed E-state index contributed by atoms with van der Waals surface area (Å²) in [5.74, 6) is 0.132. The number of nitrogens with zero attached hydrogens (tertiary/aromatic N) is 2. The zero-order valence-corrected chi connectivity index (χ0v) is 9.05. The Morgan fingerprint density at radius 3 is 2.93 bits per heavy atom. The van der Waals surface area contributed by atoms with E-state index in [1.165, 1.54) is 10.4 Å². The number of allylic oxidation sites excluding steroid dienone is 1. The summed E-state index contributed by atoms with van der Waals surface area (Å²) in [6.45, 7) is 2.61. The van der Waals surface area contributed by atoms with E-state index in [1.54, 1.807) is 6.92 Å². The zero-order valence-electron chi connectivity index (χ0n) is 8.23. The molecule has 14 heavy (non-hydrogen) atoms. The van der Waals surface area contributed by atoms with E-state index in [0.717, 1.165) is 18.4 Å². The van der Waals surface area contributed by atoms with Gasteiger partial charge in [-0.1, -0.05) is 0 Å². The van der Waals surface area contributed by atoms with E-state index in [1.807, 2.05) is 6.07 Å². The molecule has 0 aliphatic carbocycles. The molecule has 0 bridgehead atoms. The summed E-state index contributed by atoms with van der Waals surface area (Å²) >= 11 is 0. The maximum atomic E-state index is 11.5. The summed E-state index contributed by atoms with van der Waals surface area (Å²) in [5, 5.41) is 8.47. The Morgan fingerprint density at radius 2 is 2.36 bits per heavy atom. The molecule has 1 aliphatic heterocycles. The second-order valence-corrected chi connectivity index (χ2v) is 5.53. The van der Waals surface area contributed by atoms with Crippen LogP contribution in [0.1, 0.15) is 19.8 Å². The van der Waals surface area contributed by atoms with Crippen molar-refractivity contribution in [2.75, 3.05) is 18.8 Å². The number of sulfonamides is 1. The first-order valence-corrected chi connectivity index (χ1v) is 6.26. The van der Waals surface area contributed by atoms with Gasteiger partial charge in [-0.2, -0.15) is 9.57 Å². The molecule has 4 nitrogen and oxygen atoms in total. The standard InChI is InChI=1S/C9H14N2O2S/c1-2-14(12,13)11-7-3-4-9(8-11)5-6-10/h5H,2-4,7-8H2,1H3. The predicted octanol–water partition coefficient (Wildman–Crippen LogP) is 0.882. The Labute approximate surface area is 84.9 Å². The van der Waals surface area contributed by atoms with Crippen LogP contribution in [0.5, 0.6) is 0 Å². The Kier molecular flexibility index (Phi) is 3.67. The Bertz CT molecular complexity index is 365. The van der Waals surface area contributed by atoms with Crippen LogP contribution in [0.4, 0.5) is 0 Å². The third kappa shape index (κ3) is 2.56. The lowest BCUT2D eigenvalue weighted by Gasteiger charge is -2.26. The summed E-state index contributed by atoms with van der Waals surface area (Å²) < 4.78 is 24.5. The van der Waals surface area contributed by atoms with Gasteiger partial charge in [0, 0.05) is 19.2 Å². The summed E-state index contributed by atoms with van der Waals surface area (Å²) in [5.41, 5.74) is 0.913. The van der Waals surface area contributed by atoms with Crippen molar-refractivity contribution in [3.63, 3.8) is 0 Å². The highest BCUT2D eigenvalue weighted by Crippen LogP contribution is 2.18. The monoisotopic (exact) mass is 214 g/mol. The van der Waals surface area contributed by atoms with Gasteiger partial charge in [0.1, 0.15) is 0 Å². The highest BCUT2D eigenvalue weighted by Gasteiger charge is 2.23. The fourth-order valence-electron chi connectivity index (χ4n) is 1.50. The van der Waals surface area contributed by atoms with Gasteiger partial charge in [-0.3, -0.25) is 0 Å². The maximum Gasteiger partial charge on any atom is 0.214 e. The van der Waals surface area contributed by atoms with Crippen molar-refractivity contribution in [3.05, 3.63) is 11.6 Å². The molecule has 0 aromatic carbocycles. The first-order chi connectivity index (χ1) is 6.60. The minimum atomic E-state index is -3.09. The minimum Gasteiger partial charge on any atom is -0.212 e. The van der Waals surface area contributed by atoms with E-state index < -0.39 is 10.0 Å². The molecule has 5 heteroatoms. The largest absolute Gasteiger partial charge is 0.214 e. The van der Waals surface area contributed by atoms with E-state index in [0.29, 0.717) is 13.1 Å². The van der Waals surface area contributed by atoms with E-state index >= 15 is 0 Å². The van der Waals surface area contributed by atoms with Gasteiger partial charge in [-0.25, -0.2) is 8.42 Å². The van der Waals surface area contributed by atoms with Crippen LogP contribution >= 0.6 is 0 Å². The molecule has 1 fully saturated rings. The number of nitriles is 1. The lowest BCUT2D eigenvalue weighted by Crippen LogP contribution is -2.37. The molecule has 1 saturated heterocycles. The fraction of sp³-hybridized carbons (Fsp3) is 0.667. The second kappa shape index (κ2) is 4.58. The Morgan fingerprint density at radius 1 is 1.64 bits per heavy atom. The van der Waals surface area contributed by atoms with Gasteiger partial charge in [0.05, 0.1) is 11.8 Å². The van der Waals surface area contributed by atoms with Crippen LogP contribution in [0.3, 0.4) is 0 Å². The molecule has 0 aromatic heterocycles. The first kappa shape index (κ1) is 11.2. The fourth-order valence-corrected chi connectivity index (χ4v) is 2.63. The number of rotatable bonds is 2. The van der Waals surface area contributed by atoms with Crippen molar-refractivity contribution in [1.82, 2.24) is 4.31 Å². The van der Waals surface area contributed by atoms with Crippen LogP contribution in [0.25, 0.3) is 0 Å². The van der Waals surface area contributed by atoms with Crippen molar-refractivity contribution in [1.29, 1.82) is 5.26 Å². The average Bonchev–Trinajstić information content (AvgIpc) is 2.19. The zero-order chi connectivity index (χ0) is 10.6. The maximum absolute atomic E-state index is 11.5. The van der Waals surface area contributed by atoms with E-state index in [9.17, 15) is 8.42 Å². The molecule has 0 amide bonds.